The van der Waals surface area contributed by atoms with E-state index in [1.165, 1.54) is 0 Å². The van der Waals surface area contributed by atoms with E-state index in [9.17, 15) is 9.90 Å². The van der Waals surface area contributed by atoms with Crippen LogP contribution in [0.4, 0.5) is 4.79 Å². The third-order valence-electron chi connectivity index (χ3n) is 7.75. The van der Waals surface area contributed by atoms with Crippen molar-refractivity contribution in [3.05, 3.63) is 108 Å². The normalized spacial score (nSPS) is 21.2. The second-order valence-electron chi connectivity index (χ2n) is 12.1. The van der Waals surface area contributed by atoms with Crippen LogP contribution in [0.25, 0.3) is 10.9 Å². The topological polar surface area (TPSA) is 73.2 Å². The minimum atomic E-state index is -0.771. The van der Waals surface area contributed by atoms with Crippen molar-refractivity contribution in [3.8, 4) is 0 Å². The summed E-state index contributed by atoms with van der Waals surface area (Å²) in [6.45, 7) is 7.34. The second kappa shape index (κ2) is 14.1. The first-order valence-electron chi connectivity index (χ1n) is 14.8. The molecule has 0 aliphatic carbocycles. The first kappa shape index (κ1) is 31.2. The van der Waals surface area contributed by atoms with Crippen molar-refractivity contribution in [2.24, 2.45) is 0 Å². The van der Waals surface area contributed by atoms with Gasteiger partial charge >= 0.3 is 6.09 Å². The standard InChI is InChI=1S/C35H41ClN2O5/c1-35(2,3)43-34(40)38-21-27(28-16-10-11-17-29(28)38)18-19-37-22-31(39)33(42-24-26-14-8-5-9-15-26)32(30(37)20-36)41-23-25-12-6-4-7-13-25/h4-17,21,30-33,39H,18-20,22-24H2,1-3H3/t30-,31+,32-,33-/m1/s1. The van der Waals surface area contributed by atoms with E-state index in [1.54, 1.807) is 4.57 Å². The number of benzene rings is 3. The lowest BCUT2D eigenvalue weighted by Gasteiger charge is -2.46. The minimum Gasteiger partial charge on any atom is -0.443 e. The zero-order valence-corrected chi connectivity index (χ0v) is 25.8. The molecule has 0 unspecified atom stereocenters. The highest BCUT2D eigenvalue weighted by Crippen LogP contribution is 2.29. The molecule has 0 bridgehead atoms. The van der Waals surface area contributed by atoms with Crippen LogP contribution in [0.5, 0.6) is 0 Å². The maximum atomic E-state index is 13.0. The number of halogens is 1. The number of carbonyl (C=O) groups excluding carboxylic acids is 1. The van der Waals surface area contributed by atoms with Crippen LogP contribution in [-0.4, -0.2) is 69.6 Å². The third kappa shape index (κ3) is 7.85. The molecule has 0 radical (unpaired) electrons. The van der Waals surface area contributed by atoms with Crippen molar-refractivity contribution in [1.82, 2.24) is 9.47 Å². The first-order chi connectivity index (χ1) is 20.7. The zero-order valence-electron chi connectivity index (χ0n) is 25.1. The van der Waals surface area contributed by atoms with Gasteiger partial charge in [-0.3, -0.25) is 9.47 Å². The Labute approximate surface area is 258 Å². The molecular weight excluding hydrogens is 564 g/mol. The van der Waals surface area contributed by atoms with Gasteiger partial charge in [0, 0.05) is 30.6 Å². The van der Waals surface area contributed by atoms with Gasteiger partial charge in [-0.1, -0.05) is 78.9 Å². The van der Waals surface area contributed by atoms with Gasteiger partial charge in [0.1, 0.15) is 17.8 Å². The van der Waals surface area contributed by atoms with E-state index in [1.807, 2.05) is 112 Å². The predicted octanol–water partition coefficient (Wildman–Crippen LogP) is 6.42. The molecule has 4 aromatic rings. The lowest BCUT2D eigenvalue weighted by atomic mass is 9.93. The summed E-state index contributed by atoms with van der Waals surface area (Å²) in [6, 6.07) is 27.6. The zero-order chi connectivity index (χ0) is 30.4. The largest absolute Gasteiger partial charge is 0.443 e. The monoisotopic (exact) mass is 604 g/mol. The number of piperidine rings is 1. The Morgan fingerprint density at radius 3 is 2.07 bits per heavy atom. The van der Waals surface area contributed by atoms with Gasteiger partial charge in [0.2, 0.25) is 0 Å². The molecule has 0 amide bonds. The van der Waals surface area contributed by atoms with Crippen LogP contribution in [0.15, 0.2) is 91.1 Å². The van der Waals surface area contributed by atoms with Gasteiger partial charge in [-0.15, -0.1) is 11.6 Å². The summed E-state index contributed by atoms with van der Waals surface area (Å²) >= 11 is 6.64. The lowest BCUT2D eigenvalue weighted by molar-refractivity contribution is -0.184. The number of hydrogen-bond acceptors (Lipinski definition) is 6. The summed E-state index contributed by atoms with van der Waals surface area (Å²) < 4.78 is 20.1. The molecular formula is C35H41ClN2O5. The summed E-state index contributed by atoms with van der Waals surface area (Å²) in [5, 5.41) is 12.4. The quantitative estimate of drug-likeness (QED) is 0.211. The Bertz CT molecular complexity index is 1470. The van der Waals surface area contributed by atoms with Crippen molar-refractivity contribution in [1.29, 1.82) is 0 Å². The molecule has 1 N–H and O–H groups in total. The third-order valence-corrected chi connectivity index (χ3v) is 8.07. The molecule has 1 aliphatic heterocycles. The fourth-order valence-electron chi connectivity index (χ4n) is 5.69. The minimum absolute atomic E-state index is 0.186. The van der Waals surface area contributed by atoms with Crippen LogP contribution in [0.1, 0.15) is 37.5 Å². The van der Waals surface area contributed by atoms with Crippen molar-refractivity contribution < 1.29 is 24.1 Å². The molecule has 8 heteroatoms. The molecule has 1 fully saturated rings. The van der Waals surface area contributed by atoms with Crippen LogP contribution in [0, 0.1) is 0 Å². The van der Waals surface area contributed by atoms with Crippen LogP contribution in [0.3, 0.4) is 0 Å². The number of nitrogens with zero attached hydrogens (tertiary/aromatic N) is 2. The number of para-hydroxylation sites is 1. The molecule has 0 saturated carbocycles. The summed E-state index contributed by atoms with van der Waals surface area (Å²) in [5.41, 5.74) is 3.29. The maximum Gasteiger partial charge on any atom is 0.419 e. The molecule has 0 spiro atoms. The average molecular weight is 605 g/mol. The van der Waals surface area contributed by atoms with E-state index in [2.05, 4.69) is 4.90 Å². The number of hydrogen-bond donors (Lipinski definition) is 1. The number of rotatable bonds is 10. The van der Waals surface area contributed by atoms with Crippen molar-refractivity contribution >= 4 is 28.6 Å². The average Bonchev–Trinajstić information content (AvgIpc) is 3.37. The van der Waals surface area contributed by atoms with Crippen LogP contribution >= 0.6 is 11.6 Å². The summed E-state index contributed by atoms with van der Waals surface area (Å²) in [4.78, 5) is 15.2. The molecule has 43 heavy (non-hydrogen) atoms. The number of β-amino-alcohol motifs (C(OH)–C–C–N with tert-alkyl or cyclic N) is 1. The highest BCUT2D eigenvalue weighted by molar-refractivity contribution is 6.18. The van der Waals surface area contributed by atoms with E-state index in [0.29, 0.717) is 38.6 Å². The van der Waals surface area contributed by atoms with E-state index in [4.69, 9.17) is 25.8 Å². The van der Waals surface area contributed by atoms with Gasteiger partial charge in [0.05, 0.1) is 30.9 Å². The van der Waals surface area contributed by atoms with E-state index in [-0.39, 0.29) is 6.04 Å². The smallest absolute Gasteiger partial charge is 0.419 e. The van der Waals surface area contributed by atoms with Crippen LogP contribution in [-0.2, 0) is 33.8 Å². The number of aromatic nitrogens is 1. The Kier molecular flexibility index (Phi) is 10.2. The molecule has 1 aromatic heterocycles. The molecule has 1 aliphatic rings. The van der Waals surface area contributed by atoms with Gasteiger partial charge in [0.25, 0.3) is 0 Å². The second-order valence-corrected chi connectivity index (χ2v) is 12.4. The van der Waals surface area contributed by atoms with Gasteiger partial charge in [-0.05, 0) is 49.9 Å². The van der Waals surface area contributed by atoms with Gasteiger partial charge < -0.3 is 19.3 Å². The van der Waals surface area contributed by atoms with Gasteiger partial charge in [0.15, 0.2) is 0 Å². The number of ether oxygens (including phenoxy) is 3. The summed E-state index contributed by atoms with van der Waals surface area (Å²) in [7, 11) is 0. The molecule has 5 rings (SSSR count). The number of alkyl halides is 1. The Morgan fingerprint density at radius 2 is 1.47 bits per heavy atom. The number of likely N-dealkylation sites (tertiary alicyclic amines) is 1. The SMILES string of the molecule is CC(C)(C)OC(=O)n1cc(CCN2C[C@H](O)[C@@H](OCc3ccccc3)[C@H](OCc3ccccc3)[C@H]2CCl)c2ccccc21. The van der Waals surface area contributed by atoms with Crippen molar-refractivity contribution in [2.75, 3.05) is 19.0 Å². The maximum absolute atomic E-state index is 13.0. The summed E-state index contributed by atoms with van der Waals surface area (Å²) in [5.74, 6) is 0.317. The van der Waals surface area contributed by atoms with Crippen LogP contribution in [0.2, 0.25) is 0 Å². The van der Waals surface area contributed by atoms with E-state index in [0.717, 1.165) is 27.6 Å². The molecule has 1 saturated heterocycles. The van der Waals surface area contributed by atoms with Crippen molar-refractivity contribution in [2.45, 2.75) is 70.4 Å². The van der Waals surface area contributed by atoms with Crippen LogP contribution < -0.4 is 0 Å². The molecule has 2 heterocycles. The predicted molar refractivity (Wildman–Crippen MR) is 169 cm³/mol. The van der Waals surface area contributed by atoms with E-state index >= 15 is 0 Å². The number of aliphatic hydroxyl groups is 1. The van der Waals surface area contributed by atoms with E-state index < -0.39 is 30.0 Å². The Hall–Kier alpha value is -3.20. The highest BCUT2D eigenvalue weighted by Gasteiger charge is 2.44. The highest BCUT2D eigenvalue weighted by atomic mass is 35.5. The molecule has 4 atom stereocenters. The Morgan fingerprint density at radius 1 is 0.884 bits per heavy atom. The number of carbonyl (C=O) groups is 1. The number of fused-ring (bicyclic) bond motifs is 1. The molecule has 228 valence electrons. The lowest BCUT2D eigenvalue weighted by Crippen LogP contribution is -2.63. The summed E-state index contributed by atoms with van der Waals surface area (Å²) in [6.07, 6.45) is 0.342. The first-order valence-corrected chi connectivity index (χ1v) is 15.4. The number of aliphatic hydroxyl groups excluding tert-OH is 1. The Balaban J connectivity index is 1.35. The fourth-order valence-corrected chi connectivity index (χ4v) is 6.06. The van der Waals surface area contributed by atoms with Gasteiger partial charge in [-0.25, -0.2) is 4.79 Å². The molecule has 7 nitrogen and oxygen atoms in total. The van der Waals surface area contributed by atoms with Crippen molar-refractivity contribution in [3.63, 3.8) is 0 Å². The fraction of sp³-hybridized carbons (Fsp3) is 0.400. The van der Waals surface area contributed by atoms with Gasteiger partial charge in [-0.2, -0.15) is 0 Å². The molecule has 3 aromatic carbocycles.